The number of amides is 1. The largest absolute Gasteiger partial charge is 0.361 e. The van der Waals surface area contributed by atoms with Crippen molar-refractivity contribution in [3.8, 4) is 0 Å². The number of nitrogens with one attached hydrogen (secondary N) is 1. The summed E-state index contributed by atoms with van der Waals surface area (Å²) in [5.41, 5.74) is 6.46. The second-order valence-corrected chi connectivity index (χ2v) is 6.80. The number of rotatable bonds is 4. The second kappa shape index (κ2) is 6.68. The van der Waals surface area contributed by atoms with Crippen LogP contribution in [-0.2, 0) is 6.54 Å². The number of anilines is 1. The van der Waals surface area contributed by atoms with Gasteiger partial charge in [0, 0.05) is 23.4 Å². The number of aryl methyl sites for hydroxylation is 1. The molecule has 0 saturated carbocycles. The molecule has 1 aliphatic heterocycles. The van der Waals surface area contributed by atoms with Crippen LogP contribution < -0.4 is 5.32 Å². The van der Waals surface area contributed by atoms with Gasteiger partial charge in [0.15, 0.2) is 0 Å². The molecular formula is C23H22N2O. The Balaban J connectivity index is 1.72. The third kappa shape index (κ3) is 2.86. The molecule has 4 rings (SSSR count). The Morgan fingerprint density at radius 2 is 1.62 bits per heavy atom. The van der Waals surface area contributed by atoms with Crippen molar-refractivity contribution in [3.05, 3.63) is 101 Å². The minimum atomic E-state index is -0.167. The van der Waals surface area contributed by atoms with Crippen LogP contribution in [0.15, 0.2) is 72.8 Å². The molecule has 3 heteroatoms. The van der Waals surface area contributed by atoms with E-state index in [2.05, 4.69) is 49.5 Å². The van der Waals surface area contributed by atoms with Gasteiger partial charge in [-0.25, -0.2) is 0 Å². The second-order valence-electron chi connectivity index (χ2n) is 6.80. The topological polar surface area (TPSA) is 32.3 Å². The molecule has 3 aromatic carbocycles. The average Bonchev–Trinajstić information content (AvgIpc) is 2.92. The van der Waals surface area contributed by atoms with Gasteiger partial charge in [-0.15, -0.1) is 0 Å². The zero-order chi connectivity index (χ0) is 18.1. The first kappa shape index (κ1) is 16.4. The molecule has 130 valence electrons. The molecule has 1 aliphatic rings. The first-order chi connectivity index (χ1) is 12.6. The van der Waals surface area contributed by atoms with E-state index in [4.69, 9.17) is 0 Å². The van der Waals surface area contributed by atoms with Crippen molar-refractivity contribution < 1.29 is 4.79 Å². The summed E-state index contributed by atoms with van der Waals surface area (Å²) in [7, 11) is 0. The van der Waals surface area contributed by atoms with Crippen LogP contribution in [0.5, 0.6) is 0 Å². The fourth-order valence-electron chi connectivity index (χ4n) is 3.52. The molecule has 0 aliphatic carbocycles. The molecule has 0 saturated heterocycles. The summed E-state index contributed by atoms with van der Waals surface area (Å²) < 4.78 is 0. The van der Waals surface area contributed by atoms with Gasteiger partial charge in [-0.1, -0.05) is 60.7 Å². The van der Waals surface area contributed by atoms with Crippen molar-refractivity contribution in [2.24, 2.45) is 0 Å². The summed E-state index contributed by atoms with van der Waals surface area (Å²) in [6, 6.07) is 24.3. The Morgan fingerprint density at radius 1 is 0.885 bits per heavy atom. The maximum absolute atomic E-state index is 13.0. The fourth-order valence-corrected chi connectivity index (χ4v) is 3.52. The summed E-state index contributed by atoms with van der Waals surface area (Å²) in [6.07, 6.45) is -0.167. The van der Waals surface area contributed by atoms with Crippen molar-refractivity contribution in [2.75, 3.05) is 5.32 Å². The van der Waals surface area contributed by atoms with Crippen LogP contribution in [-0.4, -0.2) is 10.8 Å². The number of carbonyl (C=O) groups is 1. The van der Waals surface area contributed by atoms with E-state index in [0.717, 1.165) is 22.4 Å². The minimum Gasteiger partial charge on any atom is -0.361 e. The smallest absolute Gasteiger partial charge is 0.256 e. The fraction of sp³-hybridized carbons (Fsp3) is 0.174. The van der Waals surface area contributed by atoms with Crippen LogP contribution in [0.3, 0.4) is 0 Å². The number of fused-ring (bicyclic) bond motifs is 1. The van der Waals surface area contributed by atoms with E-state index in [1.807, 2.05) is 47.4 Å². The Labute approximate surface area is 154 Å². The predicted molar refractivity (Wildman–Crippen MR) is 105 cm³/mol. The highest BCUT2D eigenvalue weighted by atomic mass is 16.2. The molecule has 0 spiro atoms. The summed E-state index contributed by atoms with van der Waals surface area (Å²) in [5, 5.41) is 3.61. The highest BCUT2D eigenvalue weighted by molar-refractivity contribution is 5.99. The molecule has 0 fully saturated rings. The van der Waals surface area contributed by atoms with Gasteiger partial charge in [0.05, 0.1) is 0 Å². The predicted octanol–water partition coefficient (Wildman–Crippen LogP) is 5.07. The molecule has 0 bridgehead atoms. The summed E-state index contributed by atoms with van der Waals surface area (Å²) in [5.74, 6) is 0.0762. The Morgan fingerprint density at radius 3 is 2.42 bits per heavy atom. The van der Waals surface area contributed by atoms with Crippen molar-refractivity contribution in [3.63, 3.8) is 0 Å². The summed E-state index contributed by atoms with van der Waals surface area (Å²) >= 11 is 0. The van der Waals surface area contributed by atoms with E-state index in [1.165, 1.54) is 11.1 Å². The Bertz CT molecular complexity index is 949. The molecule has 1 atom stereocenters. The molecular weight excluding hydrogens is 320 g/mol. The van der Waals surface area contributed by atoms with Gasteiger partial charge < -0.3 is 10.2 Å². The van der Waals surface area contributed by atoms with E-state index < -0.39 is 0 Å². The van der Waals surface area contributed by atoms with Crippen molar-refractivity contribution in [1.82, 2.24) is 4.90 Å². The van der Waals surface area contributed by atoms with Crippen LogP contribution in [0.2, 0.25) is 0 Å². The molecule has 0 unspecified atom stereocenters. The number of carbonyl (C=O) groups excluding carboxylic acids is 1. The summed E-state index contributed by atoms with van der Waals surface area (Å²) in [4.78, 5) is 15.0. The molecule has 0 aromatic heterocycles. The van der Waals surface area contributed by atoms with Crippen LogP contribution in [0.25, 0.3) is 0 Å². The number of hydrogen-bond acceptors (Lipinski definition) is 2. The van der Waals surface area contributed by atoms with Crippen molar-refractivity contribution >= 4 is 11.6 Å². The quantitative estimate of drug-likeness (QED) is 0.718. The normalized spacial score (nSPS) is 15.8. The molecule has 26 heavy (non-hydrogen) atoms. The van der Waals surface area contributed by atoms with E-state index in [-0.39, 0.29) is 12.1 Å². The van der Waals surface area contributed by atoms with Gasteiger partial charge in [-0.2, -0.15) is 0 Å². The number of benzene rings is 3. The van der Waals surface area contributed by atoms with Crippen LogP contribution in [0.1, 0.15) is 38.8 Å². The van der Waals surface area contributed by atoms with Gasteiger partial charge in [-0.3, -0.25) is 4.79 Å². The van der Waals surface area contributed by atoms with E-state index in [9.17, 15) is 4.79 Å². The molecule has 1 N–H and O–H groups in total. The van der Waals surface area contributed by atoms with Crippen LogP contribution >= 0.6 is 0 Å². The van der Waals surface area contributed by atoms with E-state index >= 15 is 0 Å². The van der Waals surface area contributed by atoms with Crippen LogP contribution in [0, 0.1) is 13.8 Å². The highest BCUT2D eigenvalue weighted by Gasteiger charge is 2.36. The standard InChI is InChI=1S/C23H22N2O/c1-16-9-8-14-21(17(16)2)24-22-19-12-6-7-13-20(19)23(26)25(22)15-18-10-4-3-5-11-18/h3-14,22,24H,15H2,1-2H3/t22-/m0/s1. The lowest BCUT2D eigenvalue weighted by atomic mass is 10.1. The van der Waals surface area contributed by atoms with Gasteiger partial charge in [-0.05, 0) is 42.7 Å². The zero-order valence-electron chi connectivity index (χ0n) is 15.1. The zero-order valence-corrected chi connectivity index (χ0v) is 15.1. The van der Waals surface area contributed by atoms with Gasteiger partial charge in [0.1, 0.15) is 6.17 Å². The SMILES string of the molecule is Cc1cccc(N[C@@H]2c3ccccc3C(=O)N2Cc2ccccc2)c1C. The highest BCUT2D eigenvalue weighted by Crippen LogP contribution is 2.36. The maximum Gasteiger partial charge on any atom is 0.256 e. The lowest BCUT2D eigenvalue weighted by molar-refractivity contribution is 0.0728. The lowest BCUT2D eigenvalue weighted by Gasteiger charge is -2.28. The van der Waals surface area contributed by atoms with Crippen molar-refractivity contribution in [1.29, 1.82) is 0 Å². The van der Waals surface area contributed by atoms with Gasteiger partial charge in [0.2, 0.25) is 0 Å². The first-order valence-electron chi connectivity index (χ1n) is 8.92. The van der Waals surface area contributed by atoms with E-state index in [0.29, 0.717) is 6.54 Å². The first-order valence-corrected chi connectivity index (χ1v) is 8.92. The molecule has 1 amide bonds. The lowest BCUT2D eigenvalue weighted by Crippen LogP contribution is -2.32. The number of nitrogens with zero attached hydrogens (tertiary/aromatic N) is 1. The monoisotopic (exact) mass is 342 g/mol. The molecule has 3 aromatic rings. The molecule has 1 heterocycles. The van der Waals surface area contributed by atoms with Gasteiger partial charge in [0.25, 0.3) is 5.91 Å². The minimum absolute atomic E-state index is 0.0762. The molecule has 3 nitrogen and oxygen atoms in total. The summed E-state index contributed by atoms with van der Waals surface area (Å²) in [6.45, 7) is 4.80. The van der Waals surface area contributed by atoms with Crippen LogP contribution in [0.4, 0.5) is 5.69 Å². The maximum atomic E-state index is 13.0. The van der Waals surface area contributed by atoms with E-state index in [1.54, 1.807) is 0 Å². The third-order valence-corrected chi connectivity index (χ3v) is 5.15. The number of hydrogen-bond donors (Lipinski definition) is 1. The van der Waals surface area contributed by atoms with Crippen molar-refractivity contribution in [2.45, 2.75) is 26.6 Å². The molecule has 0 radical (unpaired) electrons. The average molecular weight is 342 g/mol. The third-order valence-electron chi connectivity index (χ3n) is 5.15. The Hall–Kier alpha value is -3.07. The Kier molecular flexibility index (Phi) is 4.21. The van der Waals surface area contributed by atoms with Gasteiger partial charge >= 0.3 is 0 Å².